The summed E-state index contributed by atoms with van der Waals surface area (Å²) < 4.78 is 0. The number of pyridine rings is 2. The molecule has 27 heavy (non-hydrogen) atoms. The second kappa shape index (κ2) is 6.44. The number of hydrogen-bond acceptors (Lipinski definition) is 6. The van der Waals surface area contributed by atoms with Crippen LogP contribution < -0.4 is 5.32 Å². The molecule has 0 saturated carbocycles. The highest BCUT2D eigenvalue weighted by molar-refractivity contribution is 7.18. The van der Waals surface area contributed by atoms with Crippen molar-refractivity contribution in [1.29, 1.82) is 0 Å². The first-order valence-electron chi connectivity index (χ1n) is 8.61. The Bertz CT molecular complexity index is 1240. The quantitative estimate of drug-likeness (QED) is 0.484. The molecule has 5 aromatic rings. The molecule has 0 atom stereocenters. The third-order valence-corrected chi connectivity index (χ3v) is 5.37. The summed E-state index contributed by atoms with van der Waals surface area (Å²) in [5.74, 6) is 0.782. The fourth-order valence-corrected chi connectivity index (χ4v) is 4.05. The van der Waals surface area contributed by atoms with E-state index >= 15 is 0 Å². The van der Waals surface area contributed by atoms with Gasteiger partial charge >= 0.3 is 0 Å². The van der Waals surface area contributed by atoms with E-state index in [2.05, 4.69) is 43.2 Å². The molecule has 0 aromatic carbocycles. The van der Waals surface area contributed by atoms with Crippen molar-refractivity contribution in [2.75, 3.05) is 5.32 Å². The van der Waals surface area contributed by atoms with Crippen LogP contribution in [0.2, 0.25) is 0 Å². The van der Waals surface area contributed by atoms with Crippen LogP contribution in [0.15, 0.2) is 55.1 Å². The van der Waals surface area contributed by atoms with Crippen LogP contribution in [0, 0.1) is 6.92 Å². The molecule has 0 aliphatic carbocycles. The van der Waals surface area contributed by atoms with Crippen LogP contribution in [0.3, 0.4) is 0 Å². The molecule has 0 spiro atoms. The van der Waals surface area contributed by atoms with Crippen LogP contribution in [0.25, 0.3) is 32.5 Å². The number of aromatic nitrogens is 5. The summed E-state index contributed by atoms with van der Waals surface area (Å²) in [5.41, 5.74) is 3.76. The van der Waals surface area contributed by atoms with Gasteiger partial charge in [-0.3, -0.25) is 4.98 Å². The van der Waals surface area contributed by atoms with Gasteiger partial charge in [-0.25, -0.2) is 15.0 Å². The highest BCUT2D eigenvalue weighted by Crippen LogP contribution is 2.35. The van der Waals surface area contributed by atoms with E-state index in [0.717, 1.165) is 44.0 Å². The fraction of sp³-hybridized carbons (Fsp3) is 0.100. The first-order valence-corrected chi connectivity index (χ1v) is 9.43. The number of aryl methyl sites for hydroxylation is 1. The number of anilines is 1. The minimum atomic E-state index is 0.607. The largest absolute Gasteiger partial charge is 0.364 e. The summed E-state index contributed by atoms with van der Waals surface area (Å²) in [4.78, 5) is 23.5. The number of aromatic amines is 1. The van der Waals surface area contributed by atoms with Gasteiger partial charge in [0.1, 0.15) is 22.6 Å². The Morgan fingerprint density at radius 2 is 2.04 bits per heavy atom. The predicted octanol–water partition coefficient (Wildman–Crippen LogP) is 4.55. The van der Waals surface area contributed by atoms with Gasteiger partial charge < -0.3 is 10.3 Å². The number of nitrogens with zero attached hydrogens (tertiary/aromatic N) is 4. The van der Waals surface area contributed by atoms with Crippen molar-refractivity contribution in [3.63, 3.8) is 0 Å². The monoisotopic (exact) mass is 372 g/mol. The lowest BCUT2D eigenvalue weighted by Crippen LogP contribution is -2.03. The fourth-order valence-electron chi connectivity index (χ4n) is 3.20. The predicted molar refractivity (Wildman–Crippen MR) is 109 cm³/mol. The first-order chi connectivity index (χ1) is 13.3. The Labute approximate surface area is 159 Å². The van der Waals surface area contributed by atoms with E-state index in [1.165, 1.54) is 4.88 Å². The number of nitrogens with one attached hydrogen (secondary N) is 2. The second-order valence-corrected chi connectivity index (χ2v) is 7.50. The molecule has 5 aromatic heterocycles. The Kier molecular flexibility index (Phi) is 3.79. The molecule has 0 bridgehead atoms. The van der Waals surface area contributed by atoms with Crippen LogP contribution in [0.4, 0.5) is 5.82 Å². The Morgan fingerprint density at radius 1 is 1.07 bits per heavy atom. The molecule has 0 fully saturated rings. The molecule has 0 aliphatic heterocycles. The van der Waals surface area contributed by atoms with Crippen molar-refractivity contribution in [1.82, 2.24) is 24.9 Å². The molecule has 0 unspecified atom stereocenters. The minimum Gasteiger partial charge on any atom is -0.364 e. The molecular weight excluding hydrogens is 356 g/mol. The molecule has 0 amide bonds. The van der Waals surface area contributed by atoms with E-state index in [0.29, 0.717) is 6.54 Å². The molecule has 0 radical (unpaired) electrons. The smallest absolute Gasteiger partial charge is 0.140 e. The van der Waals surface area contributed by atoms with Crippen molar-refractivity contribution in [2.45, 2.75) is 13.5 Å². The van der Waals surface area contributed by atoms with E-state index in [1.54, 1.807) is 23.9 Å². The van der Waals surface area contributed by atoms with E-state index in [1.807, 2.05) is 36.5 Å². The molecule has 7 heteroatoms. The maximum absolute atomic E-state index is 4.69. The number of hydrogen-bond donors (Lipinski definition) is 2. The maximum Gasteiger partial charge on any atom is 0.140 e. The Morgan fingerprint density at radius 3 is 2.93 bits per heavy atom. The van der Waals surface area contributed by atoms with E-state index < -0.39 is 0 Å². The summed E-state index contributed by atoms with van der Waals surface area (Å²) in [6.45, 7) is 2.70. The number of H-pyrrole nitrogens is 1. The first kappa shape index (κ1) is 15.9. The van der Waals surface area contributed by atoms with Gasteiger partial charge in [-0.15, -0.1) is 11.3 Å². The van der Waals surface area contributed by atoms with Crippen molar-refractivity contribution >= 4 is 38.4 Å². The molecular formula is C20H16N6S. The summed E-state index contributed by atoms with van der Waals surface area (Å²) in [7, 11) is 0. The van der Waals surface area contributed by atoms with Crippen molar-refractivity contribution in [2.24, 2.45) is 0 Å². The van der Waals surface area contributed by atoms with Crippen LogP contribution in [0.5, 0.6) is 0 Å². The van der Waals surface area contributed by atoms with Gasteiger partial charge in [0.05, 0.1) is 17.9 Å². The minimum absolute atomic E-state index is 0.607. The molecule has 5 heterocycles. The lowest BCUT2D eigenvalue weighted by atomic mass is 10.1. The van der Waals surface area contributed by atoms with Crippen molar-refractivity contribution < 1.29 is 0 Å². The van der Waals surface area contributed by atoms with Crippen molar-refractivity contribution in [3.05, 3.63) is 65.7 Å². The van der Waals surface area contributed by atoms with E-state index in [-0.39, 0.29) is 0 Å². The lowest BCUT2D eigenvalue weighted by Gasteiger charge is -2.09. The third kappa shape index (κ3) is 2.92. The molecule has 132 valence electrons. The molecule has 0 saturated heterocycles. The van der Waals surface area contributed by atoms with Crippen LogP contribution in [-0.4, -0.2) is 24.9 Å². The number of thiophene rings is 1. The van der Waals surface area contributed by atoms with Gasteiger partial charge in [0, 0.05) is 33.6 Å². The summed E-state index contributed by atoms with van der Waals surface area (Å²) >= 11 is 1.68. The Balaban J connectivity index is 1.62. The average molecular weight is 372 g/mol. The standard InChI is InChI=1S/C20H16N6S/c1-12-8-16-18(24-11-25-20(16)27-12)15-9-17(26-19-14(15)5-7-22-19)23-10-13-4-2-3-6-21-13/h2-9,11H,10H2,1H3,(H2,22,23,26). The molecule has 2 N–H and O–H groups in total. The highest BCUT2D eigenvalue weighted by Gasteiger charge is 2.14. The Hall–Kier alpha value is -3.32. The van der Waals surface area contributed by atoms with Gasteiger partial charge in [0.2, 0.25) is 0 Å². The molecule has 6 nitrogen and oxygen atoms in total. The third-order valence-electron chi connectivity index (χ3n) is 4.41. The van der Waals surface area contributed by atoms with Gasteiger partial charge in [0.15, 0.2) is 0 Å². The van der Waals surface area contributed by atoms with E-state index in [4.69, 9.17) is 0 Å². The average Bonchev–Trinajstić information content (AvgIpc) is 3.31. The summed E-state index contributed by atoms with van der Waals surface area (Å²) in [6.07, 6.45) is 5.33. The van der Waals surface area contributed by atoms with Crippen LogP contribution >= 0.6 is 11.3 Å². The number of rotatable bonds is 4. The molecule has 0 aliphatic rings. The zero-order valence-electron chi connectivity index (χ0n) is 14.6. The number of fused-ring (bicyclic) bond motifs is 2. The second-order valence-electron chi connectivity index (χ2n) is 6.27. The topological polar surface area (TPSA) is 79.4 Å². The zero-order valence-corrected chi connectivity index (χ0v) is 15.4. The lowest BCUT2D eigenvalue weighted by molar-refractivity contribution is 1.03. The van der Waals surface area contributed by atoms with Gasteiger partial charge in [-0.05, 0) is 37.3 Å². The normalized spacial score (nSPS) is 11.3. The zero-order chi connectivity index (χ0) is 18.2. The molecule has 5 rings (SSSR count). The SMILES string of the molecule is Cc1cc2c(-c3cc(NCc4ccccn4)nc4[nH]ccc34)ncnc2s1. The maximum atomic E-state index is 4.69. The van der Waals surface area contributed by atoms with Gasteiger partial charge in [0.25, 0.3) is 0 Å². The van der Waals surface area contributed by atoms with Gasteiger partial charge in [-0.2, -0.15) is 0 Å². The van der Waals surface area contributed by atoms with Crippen LogP contribution in [-0.2, 0) is 6.54 Å². The summed E-state index contributed by atoms with van der Waals surface area (Å²) in [6, 6.07) is 12.1. The van der Waals surface area contributed by atoms with Crippen LogP contribution in [0.1, 0.15) is 10.6 Å². The highest BCUT2D eigenvalue weighted by atomic mass is 32.1. The van der Waals surface area contributed by atoms with Gasteiger partial charge in [-0.1, -0.05) is 6.07 Å². The van der Waals surface area contributed by atoms with Crippen molar-refractivity contribution in [3.8, 4) is 11.3 Å². The summed E-state index contributed by atoms with van der Waals surface area (Å²) in [5, 5.41) is 5.49. The van der Waals surface area contributed by atoms with E-state index in [9.17, 15) is 0 Å².